The van der Waals surface area contributed by atoms with Crippen molar-refractivity contribution in [3.05, 3.63) is 10.7 Å². The molecule has 0 spiro atoms. The summed E-state index contributed by atoms with van der Waals surface area (Å²) in [6, 6.07) is -1.15. The predicted molar refractivity (Wildman–Crippen MR) is 76.9 cm³/mol. The van der Waals surface area contributed by atoms with Crippen molar-refractivity contribution in [2.45, 2.75) is 36.9 Å². The summed E-state index contributed by atoms with van der Waals surface area (Å²) in [5, 5.41) is 9.87. The maximum Gasteiger partial charge on any atom is 0.321 e. The Labute approximate surface area is 127 Å². The normalized spacial score (nSPS) is 20.6. The lowest BCUT2D eigenvalue weighted by atomic mass is 10.00. The van der Waals surface area contributed by atoms with Crippen molar-refractivity contribution < 1.29 is 23.1 Å². The van der Waals surface area contributed by atoms with Crippen LogP contribution in [0.5, 0.6) is 0 Å². The minimum absolute atomic E-state index is 0.0677. The minimum atomic E-state index is -3.87. The van der Waals surface area contributed by atoms with Gasteiger partial charge in [-0.3, -0.25) is 4.79 Å². The molecule has 21 heavy (non-hydrogen) atoms. The van der Waals surface area contributed by atoms with Crippen LogP contribution in [0.4, 0.5) is 0 Å². The van der Waals surface area contributed by atoms with Crippen LogP contribution in [0.25, 0.3) is 0 Å². The molecule has 1 aliphatic rings. The second-order valence-electron chi connectivity index (χ2n) is 5.08. The smallest absolute Gasteiger partial charge is 0.321 e. The van der Waals surface area contributed by atoms with Gasteiger partial charge in [-0.25, -0.2) is 13.4 Å². The van der Waals surface area contributed by atoms with Crippen LogP contribution in [0, 0.1) is 19.8 Å². The molecule has 2 rings (SSSR count). The number of thiazole rings is 1. The quantitative estimate of drug-likeness (QED) is 0.801. The molecule has 1 fully saturated rings. The van der Waals surface area contributed by atoms with E-state index in [4.69, 9.17) is 4.74 Å². The number of carboxylic acid groups (broad SMARTS) is 1. The standard InChI is InChI=1S/C12H18N2O5S2/c1-7-12(20-8(2)13-7)21(17,18)14-10(11(15)16)5-9-3-4-19-6-9/h9-10,14H,3-6H2,1-2H3,(H,15,16). The number of ether oxygens (including phenoxy) is 1. The third kappa shape index (κ3) is 4.00. The van der Waals surface area contributed by atoms with E-state index in [1.807, 2.05) is 0 Å². The highest BCUT2D eigenvalue weighted by Gasteiger charge is 2.31. The van der Waals surface area contributed by atoms with Crippen LogP contribution in [0.1, 0.15) is 23.5 Å². The monoisotopic (exact) mass is 334 g/mol. The molecule has 0 amide bonds. The Hall–Kier alpha value is -1.03. The summed E-state index contributed by atoms with van der Waals surface area (Å²) < 4.78 is 32.2. The molecule has 0 radical (unpaired) electrons. The zero-order valence-electron chi connectivity index (χ0n) is 11.8. The maximum atomic E-state index is 12.3. The number of aryl methyl sites for hydroxylation is 2. The van der Waals surface area contributed by atoms with Crippen molar-refractivity contribution in [1.29, 1.82) is 0 Å². The maximum absolute atomic E-state index is 12.3. The van der Waals surface area contributed by atoms with Gasteiger partial charge in [-0.15, -0.1) is 11.3 Å². The number of hydrogen-bond donors (Lipinski definition) is 2. The van der Waals surface area contributed by atoms with Gasteiger partial charge in [0.1, 0.15) is 6.04 Å². The average molecular weight is 334 g/mol. The average Bonchev–Trinajstić information content (AvgIpc) is 2.98. The van der Waals surface area contributed by atoms with Gasteiger partial charge in [0.25, 0.3) is 10.0 Å². The van der Waals surface area contributed by atoms with Crippen molar-refractivity contribution in [1.82, 2.24) is 9.71 Å². The van der Waals surface area contributed by atoms with E-state index >= 15 is 0 Å². The fourth-order valence-corrected chi connectivity index (χ4v) is 5.01. The van der Waals surface area contributed by atoms with E-state index in [1.165, 1.54) is 0 Å². The minimum Gasteiger partial charge on any atom is -0.480 e. The molecule has 2 N–H and O–H groups in total. The van der Waals surface area contributed by atoms with Crippen LogP contribution >= 0.6 is 11.3 Å². The van der Waals surface area contributed by atoms with Crippen LogP contribution in [0.3, 0.4) is 0 Å². The van der Waals surface area contributed by atoms with Gasteiger partial charge >= 0.3 is 5.97 Å². The number of carbonyl (C=O) groups is 1. The number of nitrogens with zero attached hydrogens (tertiary/aromatic N) is 1. The molecular formula is C12H18N2O5S2. The molecule has 7 nitrogen and oxygen atoms in total. The molecule has 0 aromatic carbocycles. The molecule has 0 aliphatic carbocycles. The van der Waals surface area contributed by atoms with Gasteiger partial charge in [0.05, 0.1) is 10.7 Å². The van der Waals surface area contributed by atoms with Gasteiger partial charge in [-0.05, 0) is 32.6 Å². The van der Waals surface area contributed by atoms with E-state index in [2.05, 4.69) is 9.71 Å². The van der Waals surface area contributed by atoms with Gasteiger partial charge < -0.3 is 9.84 Å². The highest BCUT2D eigenvalue weighted by Crippen LogP contribution is 2.24. The number of aliphatic carboxylic acids is 1. The number of carboxylic acids is 1. The largest absolute Gasteiger partial charge is 0.480 e. The summed E-state index contributed by atoms with van der Waals surface area (Å²) in [4.78, 5) is 15.4. The third-order valence-electron chi connectivity index (χ3n) is 3.29. The summed E-state index contributed by atoms with van der Waals surface area (Å²) in [5.41, 5.74) is 0.387. The molecule has 1 aromatic heterocycles. The van der Waals surface area contributed by atoms with E-state index in [0.717, 1.165) is 17.8 Å². The molecule has 1 saturated heterocycles. The molecule has 1 aliphatic heterocycles. The summed E-state index contributed by atoms with van der Waals surface area (Å²) >= 11 is 1.04. The van der Waals surface area contributed by atoms with Crippen molar-refractivity contribution in [2.24, 2.45) is 5.92 Å². The summed E-state index contributed by atoms with van der Waals surface area (Å²) in [7, 11) is -3.87. The van der Waals surface area contributed by atoms with Crippen molar-refractivity contribution in [3.8, 4) is 0 Å². The topological polar surface area (TPSA) is 106 Å². The molecule has 0 bridgehead atoms. The summed E-state index contributed by atoms with van der Waals surface area (Å²) in [5.74, 6) is -1.11. The first kappa shape index (κ1) is 16.3. The Morgan fingerprint density at radius 2 is 2.29 bits per heavy atom. The van der Waals surface area contributed by atoms with Crippen LogP contribution in [0.2, 0.25) is 0 Å². The first-order chi connectivity index (χ1) is 9.79. The van der Waals surface area contributed by atoms with Crippen LogP contribution in [-0.4, -0.2) is 43.7 Å². The number of sulfonamides is 1. The zero-order valence-corrected chi connectivity index (χ0v) is 13.5. The zero-order chi connectivity index (χ0) is 15.6. The molecule has 1 aromatic rings. The van der Waals surface area contributed by atoms with Gasteiger partial charge in [-0.1, -0.05) is 0 Å². The molecule has 0 saturated carbocycles. The molecule has 2 heterocycles. The highest BCUT2D eigenvalue weighted by atomic mass is 32.2. The Morgan fingerprint density at radius 3 is 2.76 bits per heavy atom. The molecular weight excluding hydrogens is 316 g/mol. The summed E-state index contributed by atoms with van der Waals surface area (Å²) in [6.45, 7) is 4.38. The van der Waals surface area contributed by atoms with Gasteiger partial charge in [0.15, 0.2) is 4.21 Å². The molecule has 118 valence electrons. The van der Waals surface area contributed by atoms with Crippen molar-refractivity contribution in [2.75, 3.05) is 13.2 Å². The van der Waals surface area contributed by atoms with E-state index < -0.39 is 22.0 Å². The first-order valence-corrected chi connectivity index (χ1v) is 8.86. The second-order valence-corrected chi connectivity index (χ2v) is 8.20. The molecule has 2 unspecified atom stereocenters. The Balaban J connectivity index is 2.15. The van der Waals surface area contributed by atoms with Gasteiger partial charge in [0.2, 0.25) is 0 Å². The van der Waals surface area contributed by atoms with E-state index in [9.17, 15) is 18.3 Å². The lowest BCUT2D eigenvalue weighted by Gasteiger charge is -2.17. The predicted octanol–water partition coefficient (Wildman–Crippen LogP) is 0.918. The lowest BCUT2D eigenvalue weighted by molar-refractivity contribution is -0.139. The lowest BCUT2D eigenvalue weighted by Crippen LogP contribution is -2.42. The van der Waals surface area contributed by atoms with Crippen LogP contribution in [-0.2, 0) is 19.6 Å². The Bertz CT molecular complexity index is 620. The van der Waals surface area contributed by atoms with E-state index in [-0.39, 0.29) is 16.5 Å². The fraction of sp³-hybridized carbons (Fsp3) is 0.667. The number of hydrogen-bond acceptors (Lipinski definition) is 6. The van der Waals surface area contributed by atoms with E-state index in [1.54, 1.807) is 13.8 Å². The highest BCUT2D eigenvalue weighted by molar-refractivity contribution is 7.91. The Kier molecular flexibility index (Phi) is 4.97. The third-order valence-corrected chi connectivity index (χ3v) is 6.45. The fourth-order valence-electron chi connectivity index (χ4n) is 2.30. The Morgan fingerprint density at radius 1 is 1.57 bits per heavy atom. The van der Waals surface area contributed by atoms with E-state index in [0.29, 0.717) is 23.9 Å². The first-order valence-electron chi connectivity index (χ1n) is 6.56. The SMILES string of the molecule is Cc1nc(C)c(S(=O)(=O)NC(CC2CCOC2)C(=O)O)s1. The number of aromatic nitrogens is 1. The molecule has 2 atom stereocenters. The second kappa shape index (κ2) is 6.39. The van der Waals surface area contributed by atoms with Crippen molar-refractivity contribution in [3.63, 3.8) is 0 Å². The van der Waals surface area contributed by atoms with Crippen molar-refractivity contribution >= 4 is 27.3 Å². The summed E-state index contributed by atoms with van der Waals surface area (Å²) in [6.07, 6.45) is 0.982. The van der Waals surface area contributed by atoms with Crippen LogP contribution < -0.4 is 4.72 Å². The van der Waals surface area contributed by atoms with Gasteiger partial charge in [0, 0.05) is 13.2 Å². The van der Waals surface area contributed by atoms with Crippen LogP contribution in [0.15, 0.2) is 4.21 Å². The molecule has 9 heteroatoms. The number of rotatable bonds is 6. The van der Waals surface area contributed by atoms with Gasteiger partial charge in [-0.2, -0.15) is 4.72 Å². The number of nitrogens with one attached hydrogen (secondary N) is 1.